The fourth-order valence-corrected chi connectivity index (χ4v) is 1.75. The summed E-state index contributed by atoms with van der Waals surface area (Å²) in [6.45, 7) is 4.26. The van der Waals surface area contributed by atoms with Crippen LogP contribution in [0.5, 0.6) is 0 Å². The summed E-state index contributed by atoms with van der Waals surface area (Å²) < 4.78 is 0. The van der Waals surface area contributed by atoms with Crippen molar-refractivity contribution >= 4 is 17.2 Å². The smallest absolute Gasteiger partial charge is 0.296 e. The first-order valence-corrected chi connectivity index (χ1v) is 4.85. The zero-order valence-corrected chi connectivity index (χ0v) is 8.49. The third-order valence-electron chi connectivity index (χ3n) is 1.62. The third-order valence-corrected chi connectivity index (χ3v) is 2.64. The van der Waals surface area contributed by atoms with Crippen molar-refractivity contribution < 1.29 is 4.79 Å². The Bertz CT molecular complexity index is 356. The van der Waals surface area contributed by atoms with Crippen molar-refractivity contribution in [1.82, 2.24) is 5.32 Å². The average Bonchev–Trinajstić information content (AvgIpc) is 2.48. The van der Waals surface area contributed by atoms with E-state index in [0.717, 1.165) is 0 Å². The Morgan fingerprint density at radius 1 is 1.69 bits per heavy atom. The first kappa shape index (κ1) is 9.82. The molecule has 1 amide bonds. The molecule has 0 aliphatic heterocycles. The fourth-order valence-electron chi connectivity index (χ4n) is 0.903. The Hall–Kier alpha value is -1.27. The molecule has 0 unspecified atom stereocenters. The summed E-state index contributed by atoms with van der Waals surface area (Å²) in [6, 6.07) is 2.04. The SMILES string of the molecule is CC#CC(=O)NCc1sccc1C. The molecule has 68 valence electrons. The molecule has 0 bridgehead atoms. The van der Waals surface area contributed by atoms with Crippen LogP contribution in [0, 0.1) is 18.8 Å². The van der Waals surface area contributed by atoms with Crippen molar-refractivity contribution in [1.29, 1.82) is 0 Å². The molecular formula is C10H11NOS. The number of rotatable bonds is 2. The molecule has 0 radical (unpaired) electrons. The number of thiophene rings is 1. The van der Waals surface area contributed by atoms with Gasteiger partial charge in [0.2, 0.25) is 0 Å². The third kappa shape index (κ3) is 2.92. The molecule has 0 saturated heterocycles. The summed E-state index contributed by atoms with van der Waals surface area (Å²) in [5.41, 5.74) is 1.22. The van der Waals surface area contributed by atoms with Gasteiger partial charge in [0.15, 0.2) is 0 Å². The van der Waals surface area contributed by atoms with Crippen LogP contribution >= 0.6 is 11.3 Å². The second kappa shape index (κ2) is 4.68. The standard InChI is InChI=1S/C10H11NOS/c1-3-4-10(12)11-7-9-8(2)5-6-13-9/h5-6H,7H2,1-2H3,(H,11,12). The van der Waals surface area contributed by atoms with E-state index < -0.39 is 0 Å². The summed E-state index contributed by atoms with van der Waals surface area (Å²) >= 11 is 1.65. The van der Waals surface area contributed by atoms with Crippen molar-refractivity contribution in [3.8, 4) is 11.8 Å². The molecule has 0 spiro atoms. The lowest BCUT2D eigenvalue weighted by atomic mass is 10.3. The van der Waals surface area contributed by atoms with Gasteiger partial charge in [0.05, 0.1) is 6.54 Å². The molecule has 1 aromatic heterocycles. The Kier molecular flexibility index (Phi) is 3.53. The maximum Gasteiger partial charge on any atom is 0.296 e. The molecule has 0 aliphatic carbocycles. The van der Waals surface area contributed by atoms with E-state index in [1.165, 1.54) is 10.4 Å². The van der Waals surface area contributed by atoms with Crippen molar-refractivity contribution in [2.75, 3.05) is 0 Å². The molecule has 0 aliphatic rings. The molecule has 13 heavy (non-hydrogen) atoms. The highest BCUT2D eigenvalue weighted by Crippen LogP contribution is 2.14. The van der Waals surface area contributed by atoms with Gasteiger partial charge in [-0.25, -0.2) is 0 Å². The number of aryl methyl sites for hydroxylation is 1. The van der Waals surface area contributed by atoms with Gasteiger partial charge in [0.1, 0.15) is 0 Å². The van der Waals surface area contributed by atoms with E-state index in [1.54, 1.807) is 18.3 Å². The lowest BCUT2D eigenvalue weighted by molar-refractivity contribution is -0.115. The summed E-state index contributed by atoms with van der Waals surface area (Å²) in [5, 5.41) is 4.74. The van der Waals surface area contributed by atoms with Crippen LogP contribution in [0.3, 0.4) is 0 Å². The average molecular weight is 193 g/mol. The Labute approximate surface area is 82.0 Å². The Morgan fingerprint density at radius 3 is 3.00 bits per heavy atom. The lowest BCUT2D eigenvalue weighted by Crippen LogP contribution is -2.20. The first-order chi connectivity index (χ1) is 6.24. The van der Waals surface area contributed by atoms with Gasteiger partial charge in [-0.05, 0) is 36.8 Å². The highest BCUT2D eigenvalue weighted by Gasteiger charge is 2.00. The van der Waals surface area contributed by atoms with Crippen molar-refractivity contribution in [2.24, 2.45) is 0 Å². The van der Waals surface area contributed by atoms with Crippen molar-refractivity contribution in [3.05, 3.63) is 21.9 Å². The number of carbonyl (C=O) groups is 1. The van der Waals surface area contributed by atoms with E-state index in [0.29, 0.717) is 6.54 Å². The summed E-state index contributed by atoms with van der Waals surface area (Å²) in [7, 11) is 0. The highest BCUT2D eigenvalue weighted by molar-refractivity contribution is 7.10. The number of hydrogen-bond acceptors (Lipinski definition) is 2. The van der Waals surface area contributed by atoms with Gasteiger partial charge in [0, 0.05) is 4.88 Å². The summed E-state index contributed by atoms with van der Waals surface area (Å²) in [5.74, 6) is 4.77. The van der Waals surface area contributed by atoms with Gasteiger partial charge in [-0.1, -0.05) is 5.92 Å². The minimum absolute atomic E-state index is 0.213. The van der Waals surface area contributed by atoms with E-state index >= 15 is 0 Å². The van der Waals surface area contributed by atoms with Crippen LogP contribution in [0.4, 0.5) is 0 Å². The minimum Gasteiger partial charge on any atom is -0.340 e. The number of hydrogen-bond donors (Lipinski definition) is 1. The number of nitrogens with one attached hydrogen (secondary N) is 1. The fraction of sp³-hybridized carbons (Fsp3) is 0.300. The Balaban J connectivity index is 2.47. The Morgan fingerprint density at radius 2 is 2.46 bits per heavy atom. The van der Waals surface area contributed by atoms with Crippen LogP contribution in [-0.2, 0) is 11.3 Å². The molecule has 2 nitrogen and oxygen atoms in total. The topological polar surface area (TPSA) is 29.1 Å². The van der Waals surface area contributed by atoms with Crippen molar-refractivity contribution in [3.63, 3.8) is 0 Å². The van der Waals surface area contributed by atoms with E-state index in [2.05, 4.69) is 17.2 Å². The van der Waals surface area contributed by atoms with Crippen LogP contribution in [0.15, 0.2) is 11.4 Å². The molecule has 1 heterocycles. The molecule has 0 fully saturated rings. The molecule has 0 atom stereocenters. The zero-order valence-electron chi connectivity index (χ0n) is 7.68. The van der Waals surface area contributed by atoms with E-state index in [4.69, 9.17) is 0 Å². The molecule has 1 aromatic rings. The summed E-state index contributed by atoms with van der Waals surface area (Å²) in [6.07, 6.45) is 0. The summed E-state index contributed by atoms with van der Waals surface area (Å²) in [4.78, 5) is 12.2. The van der Waals surface area contributed by atoms with Crippen LogP contribution in [0.1, 0.15) is 17.4 Å². The molecule has 0 aromatic carbocycles. The van der Waals surface area contributed by atoms with Gasteiger partial charge < -0.3 is 5.32 Å². The zero-order chi connectivity index (χ0) is 9.68. The quantitative estimate of drug-likeness (QED) is 0.712. The largest absolute Gasteiger partial charge is 0.340 e. The van der Waals surface area contributed by atoms with Crippen LogP contribution in [-0.4, -0.2) is 5.91 Å². The monoisotopic (exact) mass is 193 g/mol. The van der Waals surface area contributed by atoms with Crippen molar-refractivity contribution in [2.45, 2.75) is 20.4 Å². The predicted molar refractivity (Wildman–Crippen MR) is 54.4 cm³/mol. The van der Waals surface area contributed by atoms with E-state index in [1.807, 2.05) is 18.4 Å². The van der Waals surface area contributed by atoms with Gasteiger partial charge in [-0.15, -0.1) is 11.3 Å². The van der Waals surface area contributed by atoms with Gasteiger partial charge >= 0.3 is 0 Å². The predicted octanol–water partition coefficient (Wildman–Crippen LogP) is 1.70. The first-order valence-electron chi connectivity index (χ1n) is 3.97. The van der Waals surface area contributed by atoms with Gasteiger partial charge in [-0.2, -0.15) is 0 Å². The molecule has 0 saturated carbocycles. The second-order valence-corrected chi connectivity index (χ2v) is 3.59. The van der Waals surface area contributed by atoms with Crippen LogP contribution in [0.2, 0.25) is 0 Å². The molecule has 1 rings (SSSR count). The normalized spacial score (nSPS) is 8.77. The second-order valence-electron chi connectivity index (χ2n) is 2.58. The minimum atomic E-state index is -0.213. The maximum absolute atomic E-state index is 11.0. The molecule has 1 N–H and O–H groups in total. The number of carbonyl (C=O) groups excluding carboxylic acids is 1. The molecule has 3 heteroatoms. The van der Waals surface area contributed by atoms with E-state index in [9.17, 15) is 4.79 Å². The van der Waals surface area contributed by atoms with Gasteiger partial charge in [0.25, 0.3) is 5.91 Å². The molecular weight excluding hydrogens is 182 g/mol. The maximum atomic E-state index is 11.0. The van der Waals surface area contributed by atoms with Crippen LogP contribution in [0.25, 0.3) is 0 Å². The van der Waals surface area contributed by atoms with Gasteiger partial charge in [-0.3, -0.25) is 4.79 Å². The van der Waals surface area contributed by atoms with E-state index in [-0.39, 0.29) is 5.91 Å². The van der Waals surface area contributed by atoms with Crippen LogP contribution < -0.4 is 5.32 Å². The highest BCUT2D eigenvalue weighted by atomic mass is 32.1. The number of amides is 1. The lowest BCUT2D eigenvalue weighted by Gasteiger charge is -1.98.